The number of nitrogens with zero attached hydrogens (tertiary/aromatic N) is 2. The van der Waals surface area contributed by atoms with E-state index in [-0.39, 0.29) is 41.4 Å². The molecular formula is C26H20N4O4S. The molecule has 3 aliphatic rings. The molecule has 6 rings (SSSR count). The zero-order chi connectivity index (χ0) is 24.1. The number of aromatic nitrogens is 1. The first-order chi connectivity index (χ1) is 17.0. The van der Waals surface area contributed by atoms with E-state index in [9.17, 15) is 19.2 Å². The van der Waals surface area contributed by atoms with Crippen LogP contribution in [0.5, 0.6) is 0 Å². The number of allylic oxidation sites excluding steroid dienone is 2. The zero-order valence-electron chi connectivity index (χ0n) is 18.4. The van der Waals surface area contributed by atoms with Crippen molar-refractivity contribution >= 4 is 51.5 Å². The molecule has 35 heavy (non-hydrogen) atoms. The van der Waals surface area contributed by atoms with E-state index in [1.807, 2.05) is 0 Å². The van der Waals surface area contributed by atoms with E-state index < -0.39 is 5.91 Å². The van der Waals surface area contributed by atoms with E-state index in [4.69, 9.17) is 0 Å². The van der Waals surface area contributed by atoms with Crippen molar-refractivity contribution in [3.63, 3.8) is 0 Å². The van der Waals surface area contributed by atoms with Crippen LogP contribution in [0.1, 0.15) is 27.1 Å². The minimum Gasteiger partial charge on any atom is -0.321 e. The molecule has 2 fully saturated rings. The molecular weight excluding hydrogens is 464 g/mol. The highest BCUT2D eigenvalue weighted by molar-refractivity contribution is 7.13. The molecule has 1 aliphatic heterocycles. The van der Waals surface area contributed by atoms with Gasteiger partial charge in [0.15, 0.2) is 5.13 Å². The number of hydrogen-bond acceptors (Lipinski definition) is 6. The van der Waals surface area contributed by atoms with Crippen molar-refractivity contribution in [1.82, 2.24) is 4.98 Å². The van der Waals surface area contributed by atoms with Crippen LogP contribution in [0.25, 0.3) is 0 Å². The fraction of sp³-hybridized carbons (Fsp3) is 0.192. The molecule has 2 aromatic carbocycles. The van der Waals surface area contributed by atoms with Crippen molar-refractivity contribution < 1.29 is 19.2 Å². The van der Waals surface area contributed by atoms with Crippen molar-refractivity contribution in [1.29, 1.82) is 0 Å². The van der Waals surface area contributed by atoms with Gasteiger partial charge in [0, 0.05) is 17.1 Å². The lowest BCUT2D eigenvalue weighted by molar-refractivity contribution is -0.123. The fourth-order valence-electron chi connectivity index (χ4n) is 5.35. The first-order valence-electron chi connectivity index (χ1n) is 11.3. The maximum Gasteiger partial charge on any atom is 0.259 e. The van der Waals surface area contributed by atoms with Crippen LogP contribution in [0.2, 0.25) is 0 Å². The molecule has 4 unspecified atom stereocenters. The van der Waals surface area contributed by atoms with Gasteiger partial charge < -0.3 is 5.32 Å². The summed E-state index contributed by atoms with van der Waals surface area (Å²) < 4.78 is 0. The first kappa shape index (κ1) is 21.4. The minimum absolute atomic E-state index is 0.143. The second-order valence-corrected chi connectivity index (χ2v) is 9.74. The Hall–Kier alpha value is -4.11. The van der Waals surface area contributed by atoms with Crippen molar-refractivity contribution in [3.8, 4) is 0 Å². The number of para-hydroxylation sites is 1. The highest BCUT2D eigenvalue weighted by atomic mass is 32.1. The van der Waals surface area contributed by atoms with Gasteiger partial charge in [-0.05, 0) is 54.7 Å². The summed E-state index contributed by atoms with van der Waals surface area (Å²) in [4.78, 5) is 56.9. The van der Waals surface area contributed by atoms with Crippen molar-refractivity contribution in [2.24, 2.45) is 23.7 Å². The number of thiazole rings is 1. The topological polar surface area (TPSA) is 108 Å². The number of nitrogens with one attached hydrogen (secondary N) is 2. The normalized spacial score (nSPS) is 24.1. The third-order valence-corrected chi connectivity index (χ3v) is 7.62. The van der Waals surface area contributed by atoms with Crippen LogP contribution in [0, 0.1) is 23.7 Å². The third-order valence-electron chi connectivity index (χ3n) is 6.93. The van der Waals surface area contributed by atoms with Crippen LogP contribution in [0.4, 0.5) is 16.5 Å². The zero-order valence-corrected chi connectivity index (χ0v) is 19.2. The Morgan fingerprint density at radius 1 is 0.886 bits per heavy atom. The number of benzene rings is 2. The molecule has 8 nitrogen and oxygen atoms in total. The van der Waals surface area contributed by atoms with Gasteiger partial charge in [-0.3, -0.25) is 29.4 Å². The standard InChI is InChI=1S/C26H20N4O4S/c31-22(28-19-4-2-1-3-18(19)23(32)29-26-27-11-12-35-26)14-7-9-17(10-8-14)30-24(33)20-15-5-6-16(13-15)21(20)25(30)34/h1-12,15-16,20-21H,13H2,(H,28,31)(H,27,29,32). The van der Waals surface area contributed by atoms with E-state index in [0.717, 1.165) is 6.42 Å². The number of carbonyl (C=O) groups excluding carboxylic acids is 4. The molecule has 4 amide bonds. The number of hydrogen-bond donors (Lipinski definition) is 2. The largest absolute Gasteiger partial charge is 0.321 e. The molecule has 1 aromatic heterocycles. The van der Waals surface area contributed by atoms with Crippen LogP contribution >= 0.6 is 11.3 Å². The molecule has 3 aromatic rings. The van der Waals surface area contributed by atoms with E-state index >= 15 is 0 Å². The van der Waals surface area contributed by atoms with Crippen LogP contribution < -0.4 is 15.5 Å². The summed E-state index contributed by atoms with van der Waals surface area (Å²) in [5.41, 5.74) is 1.46. The third kappa shape index (κ3) is 3.55. The highest BCUT2D eigenvalue weighted by Gasteiger charge is 2.59. The molecule has 2 bridgehead atoms. The van der Waals surface area contributed by atoms with Gasteiger partial charge in [0.1, 0.15) is 0 Å². The molecule has 174 valence electrons. The SMILES string of the molecule is O=C(Nc1ccccc1C(=O)Nc1nccs1)c1ccc(N2C(=O)C3C4C=CC(C4)C3C2=O)cc1. The Morgan fingerprint density at radius 2 is 1.57 bits per heavy atom. The first-order valence-corrected chi connectivity index (χ1v) is 12.2. The van der Waals surface area contributed by atoms with Crippen LogP contribution in [0.15, 0.2) is 72.3 Å². The van der Waals surface area contributed by atoms with Crippen LogP contribution in [-0.4, -0.2) is 28.6 Å². The molecule has 0 spiro atoms. The van der Waals surface area contributed by atoms with Gasteiger partial charge in [-0.25, -0.2) is 4.98 Å². The molecule has 2 aliphatic carbocycles. The van der Waals surface area contributed by atoms with Gasteiger partial charge in [-0.1, -0.05) is 24.3 Å². The van der Waals surface area contributed by atoms with Crippen molar-refractivity contribution in [3.05, 3.63) is 83.4 Å². The monoisotopic (exact) mass is 484 g/mol. The number of anilines is 3. The van der Waals surface area contributed by atoms with Gasteiger partial charge in [-0.2, -0.15) is 0 Å². The number of amides is 4. The molecule has 2 heterocycles. The highest BCUT2D eigenvalue weighted by Crippen LogP contribution is 2.53. The van der Waals surface area contributed by atoms with Gasteiger partial charge in [0.2, 0.25) is 11.8 Å². The maximum atomic E-state index is 13.0. The lowest BCUT2D eigenvalue weighted by atomic mass is 9.85. The average Bonchev–Trinajstić information content (AvgIpc) is 3.65. The molecule has 2 N–H and O–H groups in total. The Labute approximate surface area is 204 Å². The Bertz CT molecular complexity index is 1350. The Balaban J connectivity index is 1.18. The smallest absolute Gasteiger partial charge is 0.259 e. The molecule has 1 saturated carbocycles. The van der Waals surface area contributed by atoms with Crippen molar-refractivity contribution in [2.45, 2.75) is 6.42 Å². The molecule has 9 heteroatoms. The molecule has 4 atom stereocenters. The number of imide groups is 1. The second-order valence-electron chi connectivity index (χ2n) is 8.85. The summed E-state index contributed by atoms with van der Waals surface area (Å²) in [5, 5.41) is 7.70. The number of fused-ring (bicyclic) bond motifs is 5. The summed E-state index contributed by atoms with van der Waals surface area (Å²) in [6, 6.07) is 13.1. The van der Waals surface area contributed by atoms with E-state index in [2.05, 4.69) is 27.8 Å². The minimum atomic E-state index is -0.413. The lowest BCUT2D eigenvalue weighted by Gasteiger charge is -2.17. The lowest BCUT2D eigenvalue weighted by Crippen LogP contribution is -2.32. The predicted molar refractivity (Wildman–Crippen MR) is 131 cm³/mol. The van der Waals surface area contributed by atoms with Crippen LogP contribution in [0.3, 0.4) is 0 Å². The van der Waals surface area contributed by atoms with Gasteiger partial charge >= 0.3 is 0 Å². The van der Waals surface area contributed by atoms with Crippen LogP contribution in [-0.2, 0) is 9.59 Å². The summed E-state index contributed by atoms with van der Waals surface area (Å²) in [6.07, 6.45) is 6.59. The summed E-state index contributed by atoms with van der Waals surface area (Å²) in [5.74, 6) is -1.37. The second kappa shape index (κ2) is 8.28. The predicted octanol–water partition coefficient (Wildman–Crippen LogP) is 3.96. The average molecular weight is 485 g/mol. The summed E-state index contributed by atoms with van der Waals surface area (Å²) in [6.45, 7) is 0. The summed E-state index contributed by atoms with van der Waals surface area (Å²) in [7, 11) is 0. The Kier molecular flexibility index (Phi) is 5.07. The number of carbonyl (C=O) groups is 4. The van der Waals surface area contributed by atoms with Crippen molar-refractivity contribution in [2.75, 3.05) is 15.5 Å². The molecule has 0 radical (unpaired) electrons. The Morgan fingerprint density at radius 3 is 2.23 bits per heavy atom. The van der Waals surface area contributed by atoms with E-state index in [0.29, 0.717) is 27.6 Å². The quantitative estimate of drug-likeness (QED) is 0.421. The fourth-order valence-corrected chi connectivity index (χ4v) is 5.88. The van der Waals surface area contributed by atoms with Gasteiger partial charge in [-0.15, -0.1) is 11.3 Å². The van der Waals surface area contributed by atoms with Gasteiger partial charge in [0.25, 0.3) is 11.8 Å². The maximum absolute atomic E-state index is 13.0. The summed E-state index contributed by atoms with van der Waals surface area (Å²) >= 11 is 1.30. The number of rotatable bonds is 5. The van der Waals surface area contributed by atoms with E-state index in [1.54, 1.807) is 60.1 Å². The van der Waals surface area contributed by atoms with Gasteiger partial charge in [0.05, 0.1) is 28.8 Å². The van der Waals surface area contributed by atoms with E-state index in [1.165, 1.54) is 16.2 Å². The molecule has 1 saturated heterocycles.